The number of hydrogen-bond donors (Lipinski definition) is 1. The van der Waals surface area contributed by atoms with Crippen LogP contribution in [0.4, 0.5) is 0 Å². The first kappa shape index (κ1) is 14.2. The molecule has 0 saturated carbocycles. The second-order valence-corrected chi connectivity index (χ2v) is 3.93. The van der Waals surface area contributed by atoms with Gasteiger partial charge in [0, 0.05) is 0 Å². The van der Waals surface area contributed by atoms with Crippen molar-refractivity contribution >= 4 is 5.97 Å². The zero-order valence-electron chi connectivity index (χ0n) is 9.90. The molecule has 0 saturated heterocycles. The van der Waals surface area contributed by atoms with Crippen molar-refractivity contribution < 1.29 is 14.6 Å². The van der Waals surface area contributed by atoms with Gasteiger partial charge >= 0.3 is 5.97 Å². The number of carbonyl (C=O) groups is 1. The molecule has 0 spiro atoms. The Balaban J connectivity index is 3.61. The van der Waals surface area contributed by atoms with Crippen LogP contribution in [0.2, 0.25) is 0 Å². The minimum absolute atomic E-state index is 0.0805. The third-order valence-corrected chi connectivity index (χ3v) is 1.98. The lowest BCUT2D eigenvalue weighted by molar-refractivity contribution is -0.145. The monoisotopic (exact) mass is 214 g/mol. The Morgan fingerprint density at radius 2 is 2.13 bits per heavy atom. The van der Waals surface area contributed by atoms with E-state index in [-0.39, 0.29) is 12.6 Å². The summed E-state index contributed by atoms with van der Waals surface area (Å²) in [5.74, 6) is 0.232. The molecule has 0 aromatic rings. The topological polar surface area (TPSA) is 46.5 Å². The highest BCUT2D eigenvalue weighted by Gasteiger charge is 2.02. The Labute approximate surface area is 92.1 Å². The Kier molecular flexibility index (Phi) is 8.01. The van der Waals surface area contributed by atoms with Gasteiger partial charge in [0.1, 0.15) is 6.61 Å². The van der Waals surface area contributed by atoms with Crippen LogP contribution in [0.1, 0.15) is 40.0 Å². The van der Waals surface area contributed by atoms with E-state index in [9.17, 15) is 4.79 Å². The maximum absolute atomic E-state index is 11.1. The molecule has 0 aliphatic rings. The molecule has 3 heteroatoms. The van der Waals surface area contributed by atoms with Gasteiger partial charge in [0.2, 0.25) is 0 Å². The predicted octanol–water partition coefficient (Wildman–Crippen LogP) is 2.29. The molecule has 1 N–H and O–H groups in total. The van der Waals surface area contributed by atoms with Crippen molar-refractivity contribution in [2.24, 2.45) is 5.92 Å². The lowest BCUT2D eigenvalue weighted by Gasteiger charge is -2.05. The van der Waals surface area contributed by atoms with Crippen LogP contribution in [0.15, 0.2) is 12.2 Å². The van der Waals surface area contributed by atoms with Crippen molar-refractivity contribution in [2.45, 2.75) is 46.1 Å². The number of esters is 1. The maximum Gasteiger partial charge on any atom is 0.309 e. The first-order valence-corrected chi connectivity index (χ1v) is 5.56. The van der Waals surface area contributed by atoms with Crippen molar-refractivity contribution in [3.63, 3.8) is 0 Å². The van der Waals surface area contributed by atoms with Crippen LogP contribution >= 0.6 is 0 Å². The van der Waals surface area contributed by atoms with Crippen molar-refractivity contribution in [1.82, 2.24) is 0 Å². The Morgan fingerprint density at radius 1 is 1.47 bits per heavy atom. The SMILES string of the molecule is CCCC(C)/C=C/CC(=O)OCC(C)O. The molecule has 0 fully saturated rings. The van der Waals surface area contributed by atoms with Gasteiger partial charge in [0.25, 0.3) is 0 Å². The van der Waals surface area contributed by atoms with Gasteiger partial charge in [-0.1, -0.05) is 32.4 Å². The van der Waals surface area contributed by atoms with E-state index in [0.717, 1.165) is 12.8 Å². The first-order chi connectivity index (χ1) is 7.06. The molecule has 3 nitrogen and oxygen atoms in total. The van der Waals surface area contributed by atoms with Crippen LogP contribution in [-0.4, -0.2) is 23.8 Å². The summed E-state index contributed by atoms with van der Waals surface area (Å²) in [6, 6.07) is 0. The molecule has 0 aromatic heterocycles. The maximum atomic E-state index is 11.1. The van der Waals surface area contributed by atoms with E-state index in [0.29, 0.717) is 12.3 Å². The van der Waals surface area contributed by atoms with Gasteiger partial charge in [0.15, 0.2) is 0 Å². The lowest BCUT2D eigenvalue weighted by Crippen LogP contribution is -2.14. The Morgan fingerprint density at radius 3 is 2.67 bits per heavy atom. The number of carbonyl (C=O) groups excluding carboxylic acids is 1. The van der Waals surface area contributed by atoms with E-state index in [1.54, 1.807) is 6.92 Å². The summed E-state index contributed by atoms with van der Waals surface area (Å²) in [5.41, 5.74) is 0. The van der Waals surface area contributed by atoms with Crippen molar-refractivity contribution in [1.29, 1.82) is 0 Å². The predicted molar refractivity (Wildman–Crippen MR) is 60.5 cm³/mol. The Hall–Kier alpha value is -0.830. The van der Waals surface area contributed by atoms with Crippen LogP contribution in [0.3, 0.4) is 0 Å². The van der Waals surface area contributed by atoms with Gasteiger partial charge in [-0.3, -0.25) is 4.79 Å². The number of aliphatic hydroxyl groups is 1. The number of ether oxygens (including phenoxy) is 1. The van der Waals surface area contributed by atoms with Crippen LogP contribution in [-0.2, 0) is 9.53 Å². The highest BCUT2D eigenvalue weighted by Crippen LogP contribution is 2.06. The first-order valence-electron chi connectivity index (χ1n) is 5.56. The fraction of sp³-hybridized carbons (Fsp3) is 0.750. The molecule has 15 heavy (non-hydrogen) atoms. The van der Waals surface area contributed by atoms with E-state index < -0.39 is 6.10 Å². The molecule has 0 heterocycles. The zero-order chi connectivity index (χ0) is 11.7. The number of rotatable bonds is 7. The van der Waals surface area contributed by atoms with Crippen molar-refractivity contribution in [3.05, 3.63) is 12.2 Å². The molecule has 88 valence electrons. The molecular formula is C12H22O3. The van der Waals surface area contributed by atoms with Crippen molar-refractivity contribution in [2.75, 3.05) is 6.61 Å². The largest absolute Gasteiger partial charge is 0.463 e. The molecule has 2 unspecified atom stereocenters. The summed E-state index contributed by atoms with van der Waals surface area (Å²) in [7, 11) is 0. The normalized spacial score (nSPS) is 15.2. The summed E-state index contributed by atoms with van der Waals surface area (Å²) in [6.07, 6.45) is 5.87. The standard InChI is InChI=1S/C12H22O3/c1-4-6-10(2)7-5-8-12(14)15-9-11(3)13/h5,7,10-11,13H,4,6,8-9H2,1-3H3/b7-5+. The highest BCUT2D eigenvalue weighted by molar-refractivity contribution is 5.71. The summed E-state index contributed by atoms with van der Waals surface area (Å²) in [5, 5.41) is 8.89. The fourth-order valence-corrected chi connectivity index (χ4v) is 1.22. The molecule has 0 amide bonds. The van der Waals surface area contributed by atoms with E-state index in [1.807, 2.05) is 12.2 Å². The second kappa shape index (κ2) is 8.48. The lowest BCUT2D eigenvalue weighted by atomic mass is 10.1. The van der Waals surface area contributed by atoms with Gasteiger partial charge in [-0.2, -0.15) is 0 Å². The van der Waals surface area contributed by atoms with Gasteiger partial charge in [-0.25, -0.2) is 0 Å². The quantitative estimate of drug-likeness (QED) is 0.522. The van der Waals surface area contributed by atoms with Gasteiger partial charge in [0.05, 0.1) is 12.5 Å². The number of hydrogen-bond acceptors (Lipinski definition) is 3. The summed E-state index contributed by atoms with van der Waals surface area (Å²) < 4.78 is 4.81. The summed E-state index contributed by atoms with van der Waals surface area (Å²) in [4.78, 5) is 11.1. The van der Waals surface area contributed by atoms with Crippen LogP contribution < -0.4 is 0 Å². The highest BCUT2D eigenvalue weighted by atomic mass is 16.5. The van der Waals surface area contributed by atoms with Gasteiger partial charge < -0.3 is 9.84 Å². The molecule has 0 radical (unpaired) electrons. The molecule has 0 aliphatic heterocycles. The zero-order valence-corrected chi connectivity index (χ0v) is 9.90. The van der Waals surface area contributed by atoms with E-state index in [4.69, 9.17) is 9.84 Å². The molecule has 2 atom stereocenters. The Bertz CT molecular complexity index is 197. The number of aliphatic hydroxyl groups excluding tert-OH is 1. The van der Waals surface area contributed by atoms with Gasteiger partial charge in [-0.15, -0.1) is 0 Å². The minimum atomic E-state index is -0.586. The van der Waals surface area contributed by atoms with E-state index in [1.165, 1.54) is 0 Å². The third-order valence-electron chi connectivity index (χ3n) is 1.98. The molecule has 0 aliphatic carbocycles. The summed E-state index contributed by atoms with van der Waals surface area (Å²) in [6.45, 7) is 5.94. The van der Waals surface area contributed by atoms with Crippen LogP contribution in [0, 0.1) is 5.92 Å². The van der Waals surface area contributed by atoms with Crippen LogP contribution in [0.5, 0.6) is 0 Å². The second-order valence-electron chi connectivity index (χ2n) is 3.93. The van der Waals surface area contributed by atoms with E-state index >= 15 is 0 Å². The van der Waals surface area contributed by atoms with Gasteiger partial charge in [-0.05, 0) is 19.3 Å². The molecule has 0 rings (SSSR count). The average molecular weight is 214 g/mol. The molecular weight excluding hydrogens is 192 g/mol. The van der Waals surface area contributed by atoms with E-state index in [2.05, 4.69) is 13.8 Å². The van der Waals surface area contributed by atoms with Crippen molar-refractivity contribution in [3.8, 4) is 0 Å². The molecule has 0 bridgehead atoms. The smallest absolute Gasteiger partial charge is 0.309 e. The summed E-state index contributed by atoms with van der Waals surface area (Å²) >= 11 is 0. The fourth-order valence-electron chi connectivity index (χ4n) is 1.22. The number of allylic oxidation sites excluding steroid dienone is 1. The minimum Gasteiger partial charge on any atom is -0.463 e. The third kappa shape index (κ3) is 9.47. The molecule has 0 aromatic carbocycles. The van der Waals surface area contributed by atoms with Crippen LogP contribution in [0.25, 0.3) is 0 Å². The average Bonchev–Trinajstić information content (AvgIpc) is 2.15.